The molecule has 0 unspecified atom stereocenters. The van der Waals surface area contributed by atoms with Crippen molar-refractivity contribution in [3.63, 3.8) is 0 Å². The van der Waals surface area contributed by atoms with Crippen molar-refractivity contribution >= 4 is 5.97 Å². The standard InChI is InChI=1S/C14H20N2O3/c17-14(18)11-19-13-4-8-16(9-5-13)7-3-12-2-1-6-15-10-12/h1-2,6,10,13H,3-5,7-9,11H2,(H,17,18). The second kappa shape index (κ2) is 7.21. The molecule has 0 aromatic carbocycles. The van der Waals surface area contributed by atoms with Gasteiger partial charge in [0.25, 0.3) is 0 Å². The van der Waals surface area contributed by atoms with Gasteiger partial charge in [0.2, 0.25) is 0 Å². The molecule has 19 heavy (non-hydrogen) atoms. The van der Waals surface area contributed by atoms with E-state index in [1.807, 2.05) is 12.3 Å². The highest BCUT2D eigenvalue weighted by Crippen LogP contribution is 2.14. The molecule has 104 valence electrons. The second-order valence-electron chi connectivity index (χ2n) is 4.86. The van der Waals surface area contributed by atoms with Crippen molar-refractivity contribution in [1.29, 1.82) is 0 Å². The molecule has 5 nitrogen and oxygen atoms in total. The third kappa shape index (κ3) is 4.96. The fourth-order valence-electron chi connectivity index (χ4n) is 2.32. The molecule has 0 amide bonds. The van der Waals surface area contributed by atoms with Gasteiger partial charge in [-0.15, -0.1) is 0 Å². The van der Waals surface area contributed by atoms with E-state index in [2.05, 4.69) is 16.0 Å². The minimum Gasteiger partial charge on any atom is -0.480 e. The molecule has 2 heterocycles. The third-order valence-corrected chi connectivity index (χ3v) is 3.42. The van der Waals surface area contributed by atoms with Crippen LogP contribution in [0.2, 0.25) is 0 Å². The maximum Gasteiger partial charge on any atom is 0.329 e. The van der Waals surface area contributed by atoms with E-state index in [-0.39, 0.29) is 12.7 Å². The van der Waals surface area contributed by atoms with Gasteiger partial charge >= 0.3 is 5.97 Å². The Labute approximate surface area is 113 Å². The number of rotatable bonds is 6. The maximum absolute atomic E-state index is 10.4. The molecule has 1 aliphatic heterocycles. The number of carbonyl (C=O) groups is 1. The predicted octanol–water partition coefficient (Wildman–Crippen LogP) is 1.19. The minimum atomic E-state index is -0.890. The van der Waals surface area contributed by atoms with Crippen LogP contribution in [0.3, 0.4) is 0 Å². The van der Waals surface area contributed by atoms with Crippen molar-refractivity contribution in [3.05, 3.63) is 30.1 Å². The van der Waals surface area contributed by atoms with Gasteiger partial charge < -0.3 is 14.7 Å². The van der Waals surface area contributed by atoms with Gasteiger partial charge in [0, 0.05) is 32.0 Å². The van der Waals surface area contributed by atoms with E-state index in [0.717, 1.165) is 38.9 Å². The Morgan fingerprint density at radius 2 is 2.26 bits per heavy atom. The zero-order chi connectivity index (χ0) is 13.5. The van der Waals surface area contributed by atoms with E-state index in [0.29, 0.717) is 0 Å². The normalized spacial score (nSPS) is 17.5. The first-order chi connectivity index (χ1) is 9.24. The summed E-state index contributed by atoms with van der Waals surface area (Å²) in [5.74, 6) is -0.890. The summed E-state index contributed by atoms with van der Waals surface area (Å²) in [6.45, 7) is 2.80. The molecule has 5 heteroatoms. The first-order valence-electron chi connectivity index (χ1n) is 6.68. The van der Waals surface area contributed by atoms with E-state index >= 15 is 0 Å². The number of nitrogens with zero attached hydrogens (tertiary/aromatic N) is 2. The van der Waals surface area contributed by atoms with E-state index < -0.39 is 5.97 Å². The lowest BCUT2D eigenvalue weighted by Gasteiger charge is -2.31. The SMILES string of the molecule is O=C(O)COC1CCN(CCc2cccnc2)CC1. The number of hydrogen-bond acceptors (Lipinski definition) is 4. The first kappa shape index (κ1) is 14.0. The lowest BCUT2D eigenvalue weighted by Crippen LogP contribution is -2.38. The number of aromatic nitrogens is 1. The molecule has 0 radical (unpaired) electrons. The molecular weight excluding hydrogens is 244 g/mol. The van der Waals surface area contributed by atoms with Crippen molar-refractivity contribution in [3.8, 4) is 0 Å². The van der Waals surface area contributed by atoms with Gasteiger partial charge in [-0.2, -0.15) is 0 Å². The maximum atomic E-state index is 10.4. The van der Waals surface area contributed by atoms with Crippen LogP contribution in [0.15, 0.2) is 24.5 Å². The molecule has 1 aromatic heterocycles. The van der Waals surface area contributed by atoms with Crippen LogP contribution in [0.1, 0.15) is 18.4 Å². The number of likely N-dealkylation sites (tertiary alicyclic amines) is 1. The summed E-state index contributed by atoms with van der Waals surface area (Å²) in [7, 11) is 0. The molecular formula is C14H20N2O3. The monoisotopic (exact) mass is 264 g/mol. The summed E-state index contributed by atoms with van der Waals surface area (Å²) < 4.78 is 5.32. The zero-order valence-electron chi connectivity index (χ0n) is 11.0. The Balaban J connectivity index is 1.65. The number of hydrogen-bond donors (Lipinski definition) is 1. The number of carboxylic acid groups (broad SMARTS) is 1. The Morgan fingerprint density at radius 1 is 1.47 bits per heavy atom. The van der Waals surface area contributed by atoms with Gasteiger partial charge in [-0.25, -0.2) is 4.79 Å². The van der Waals surface area contributed by atoms with Gasteiger partial charge in [-0.3, -0.25) is 4.98 Å². The van der Waals surface area contributed by atoms with Crippen LogP contribution < -0.4 is 0 Å². The number of ether oxygens (including phenoxy) is 1. The Morgan fingerprint density at radius 3 is 2.89 bits per heavy atom. The zero-order valence-corrected chi connectivity index (χ0v) is 11.0. The van der Waals surface area contributed by atoms with Crippen molar-refractivity contribution in [2.45, 2.75) is 25.4 Å². The quantitative estimate of drug-likeness (QED) is 0.836. The highest BCUT2D eigenvalue weighted by atomic mass is 16.5. The first-order valence-corrected chi connectivity index (χ1v) is 6.68. The Hall–Kier alpha value is -1.46. The van der Waals surface area contributed by atoms with Crippen molar-refractivity contribution in [2.75, 3.05) is 26.2 Å². The molecule has 0 spiro atoms. The molecule has 1 aliphatic rings. The van der Waals surface area contributed by atoms with Gasteiger partial charge in [0.05, 0.1) is 6.10 Å². The molecule has 2 rings (SSSR count). The fourth-order valence-corrected chi connectivity index (χ4v) is 2.32. The third-order valence-electron chi connectivity index (χ3n) is 3.42. The summed E-state index contributed by atoms with van der Waals surface area (Å²) in [6, 6.07) is 4.05. The Kier molecular flexibility index (Phi) is 5.30. The predicted molar refractivity (Wildman–Crippen MR) is 71.0 cm³/mol. The van der Waals surface area contributed by atoms with Gasteiger partial charge in [-0.05, 0) is 30.9 Å². The molecule has 0 bridgehead atoms. The summed E-state index contributed by atoms with van der Waals surface area (Å²) in [5, 5.41) is 8.57. The summed E-state index contributed by atoms with van der Waals surface area (Å²) >= 11 is 0. The summed E-state index contributed by atoms with van der Waals surface area (Å²) in [4.78, 5) is 16.9. The molecule has 1 fully saturated rings. The molecule has 1 aromatic rings. The van der Waals surface area contributed by atoms with Crippen LogP contribution in [0.5, 0.6) is 0 Å². The van der Waals surface area contributed by atoms with Crippen molar-refractivity contribution < 1.29 is 14.6 Å². The number of carboxylic acids is 1. The summed E-state index contributed by atoms with van der Waals surface area (Å²) in [5.41, 5.74) is 1.26. The summed E-state index contributed by atoms with van der Waals surface area (Å²) in [6.07, 6.45) is 6.64. The number of aliphatic carboxylic acids is 1. The average Bonchev–Trinajstić information content (AvgIpc) is 2.45. The lowest BCUT2D eigenvalue weighted by molar-refractivity contribution is -0.145. The van der Waals surface area contributed by atoms with E-state index in [1.54, 1.807) is 6.20 Å². The van der Waals surface area contributed by atoms with Crippen LogP contribution in [0, 0.1) is 0 Å². The Bertz CT molecular complexity index is 389. The highest BCUT2D eigenvalue weighted by Gasteiger charge is 2.19. The number of piperidine rings is 1. The van der Waals surface area contributed by atoms with Crippen LogP contribution in [-0.4, -0.2) is 53.3 Å². The molecule has 0 aliphatic carbocycles. The van der Waals surface area contributed by atoms with Crippen LogP contribution in [-0.2, 0) is 16.0 Å². The van der Waals surface area contributed by atoms with Gasteiger partial charge in [0.15, 0.2) is 0 Å². The average molecular weight is 264 g/mol. The van der Waals surface area contributed by atoms with E-state index in [9.17, 15) is 4.79 Å². The molecule has 1 N–H and O–H groups in total. The molecule has 0 saturated carbocycles. The van der Waals surface area contributed by atoms with E-state index in [1.165, 1.54) is 5.56 Å². The molecule has 1 saturated heterocycles. The van der Waals surface area contributed by atoms with Gasteiger partial charge in [0.1, 0.15) is 6.61 Å². The lowest BCUT2D eigenvalue weighted by atomic mass is 10.1. The number of pyridine rings is 1. The van der Waals surface area contributed by atoms with Crippen LogP contribution in [0.25, 0.3) is 0 Å². The van der Waals surface area contributed by atoms with Crippen molar-refractivity contribution in [2.24, 2.45) is 0 Å². The largest absolute Gasteiger partial charge is 0.480 e. The second-order valence-corrected chi connectivity index (χ2v) is 4.86. The van der Waals surface area contributed by atoms with E-state index in [4.69, 9.17) is 9.84 Å². The van der Waals surface area contributed by atoms with Gasteiger partial charge in [-0.1, -0.05) is 6.07 Å². The fraction of sp³-hybridized carbons (Fsp3) is 0.571. The van der Waals surface area contributed by atoms with Crippen LogP contribution in [0.4, 0.5) is 0 Å². The molecule has 0 atom stereocenters. The van der Waals surface area contributed by atoms with Crippen molar-refractivity contribution in [1.82, 2.24) is 9.88 Å². The highest BCUT2D eigenvalue weighted by molar-refractivity contribution is 5.68. The topological polar surface area (TPSA) is 62.7 Å². The minimum absolute atomic E-state index is 0.103. The smallest absolute Gasteiger partial charge is 0.329 e. The van der Waals surface area contributed by atoms with Crippen LogP contribution >= 0.6 is 0 Å².